The molecule has 3 aromatic rings. The molecule has 7 heteroatoms. The second kappa shape index (κ2) is 10.2. The van der Waals surface area contributed by atoms with Gasteiger partial charge >= 0.3 is 0 Å². The van der Waals surface area contributed by atoms with E-state index in [0.29, 0.717) is 27.1 Å². The summed E-state index contributed by atoms with van der Waals surface area (Å²) in [6, 6.07) is 17.1. The Morgan fingerprint density at radius 3 is 2.57 bits per heavy atom. The van der Waals surface area contributed by atoms with E-state index in [1.54, 1.807) is 42.5 Å². The van der Waals surface area contributed by atoms with Gasteiger partial charge in [0.15, 0.2) is 11.5 Å². The van der Waals surface area contributed by atoms with E-state index in [1.165, 1.54) is 13.2 Å². The quantitative estimate of drug-likeness (QED) is 0.181. The molecule has 0 bridgehead atoms. The molecule has 0 saturated carbocycles. The first kappa shape index (κ1) is 22.4. The van der Waals surface area contributed by atoms with Crippen LogP contribution >= 0.6 is 45.8 Å². The number of ether oxygens (including phenoxy) is 2. The predicted molar refractivity (Wildman–Crippen MR) is 126 cm³/mol. The third kappa shape index (κ3) is 5.25. The van der Waals surface area contributed by atoms with Gasteiger partial charge in [-0.15, -0.1) is 0 Å². The number of benzene rings is 3. The Morgan fingerprint density at radius 1 is 1.13 bits per heavy atom. The largest absolute Gasteiger partial charge is 0.493 e. The standard InChI is InChI=1S/C23H15Cl2FINO2/c1-29-22-11-15(8-16(12-28)17-4-2-3-5-20(17)26)10-21(27)23(22)30-13-14-6-7-18(24)19(25)9-14/h2-11H,13H2,1H3/b16-8-. The second-order valence-electron chi connectivity index (χ2n) is 6.22. The summed E-state index contributed by atoms with van der Waals surface area (Å²) in [5.41, 5.74) is 2.01. The van der Waals surface area contributed by atoms with Crippen LogP contribution < -0.4 is 9.47 Å². The lowest BCUT2D eigenvalue weighted by Crippen LogP contribution is -2.00. The number of allylic oxidation sites excluding steroid dienone is 1. The van der Waals surface area contributed by atoms with Crippen molar-refractivity contribution in [3.8, 4) is 17.6 Å². The van der Waals surface area contributed by atoms with Crippen LogP contribution in [0.5, 0.6) is 11.5 Å². The molecule has 0 unspecified atom stereocenters. The molecule has 0 heterocycles. The number of nitrogens with zero attached hydrogens (tertiary/aromatic N) is 1. The van der Waals surface area contributed by atoms with Crippen LogP contribution in [0.25, 0.3) is 11.6 Å². The van der Waals surface area contributed by atoms with Gasteiger partial charge in [0.05, 0.1) is 32.4 Å². The fourth-order valence-electron chi connectivity index (χ4n) is 2.76. The first-order valence-electron chi connectivity index (χ1n) is 8.74. The molecule has 3 nitrogen and oxygen atoms in total. The summed E-state index contributed by atoms with van der Waals surface area (Å²) in [5, 5.41) is 10.4. The molecular weight excluding hydrogens is 539 g/mol. The Bertz CT molecular complexity index is 1160. The molecule has 0 N–H and O–H groups in total. The zero-order valence-corrected chi connectivity index (χ0v) is 19.4. The minimum absolute atomic E-state index is 0.218. The van der Waals surface area contributed by atoms with E-state index in [9.17, 15) is 9.65 Å². The number of halogens is 4. The van der Waals surface area contributed by atoms with E-state index >= 15 is 0 Å². The number of hydrogen-bond donors (Lipinski definition) is 0. The Hall–Kier alpha value is -2.27. The number of rotatable bonds is 6. The van der Waals surface area contributed by atoms with Gasteiger partial charge in [-0.2, -0.15) is 5.26 Å². The maximum absolute atomic E-state index is 14.1. The van der Waals surface area contributed by atoms with Crippen molar-refractivity contribution in [2.24, 2.45) is 0 Å². The SMILES string of the molecule is COc1cc(/C=C(/C#N)c2ccccc2F)cc(I)c1OCc1ccc(Cl)c(Cl)c1. The number of nitriles is 1. The lowest BCUT2D eigenvalue weighted by atomic mass is 10.0. The summed E-state index contributed by atoms with van der Waals surface area (Å²) in [6.07, 6.45) is 1.62. The van der Waals surface area contributed by atoms with Gasteiger partial charge in [0.2, 0.25) is 0 Å². The van der Waals surface area contributed by atoms with Gasteiger partial charge in [-0.3, -0.25) is 0 Å². The topological polar surface area (TPSA) is 42.2 Å². The smallest absolute Gasteiger partial charge is 0.174 e. The normalized spacial score (nSPS) is 11.1. The predicted octanol–water partition coefficient (Wildman–Crippen LogP) is 7.39. The van der Waals surface area contributed by atoms with Crippen molar-refractivity contribution in [3.05, 3.63) is 90.7 Å². The third-order valence-corrected chi connectivity index (χ3v) is 5.75. The van der Waals surface area contributed by atoms with E-state index in [0.717, 1.165) is 9.13 Å². The lowest BCUT2D eigenvalue weighted by molar-refractivity contribution is 0.282. The van der Waals surface area contributed by atoms with E-state index < -0.39 is 5.82 Å². The number of methoxy groups -OCH3 is 1. The van der Waals surface area contributed by atoms with Crippen LogP contribution in [0.15, 0.2) is 54.6 Å². The van der Waals surface area contributed by atoms with Crippen molar-refractivity contribution < 1.29 is 13.9 Å². The maximum Gasteiger partial charge on any atom is 0.174 e. The Kier molecular flexibility index (Phi) is 7.59. The van der Waals surface area contributed by atoms with E-state index in [4.69, 9.17) is 32.7 Å². The summed E-state index contributed by atoms with van der Waals surface area (Å²) in [4.78, 5) is 0. The van der Waals surface area contributed by atoms with Gasteiger partial charge in [-0.05, 0) is 70.1 Å². The molecule has 0 saturated heterocycles. The fourth-order valence-corrected chi connectivity index (χ4v) is 3.87. The van der Waals surface area contributed by atoms with Crippen LogP contribution in [-0.2, 0) is 6.61 Å². The average molecular weight is 554 g/mol. The van der Waals surface area contributed by atoms with Gasteiger partial charge in [0, 0.05) is 5.56 Å². The molecule has 0 aliphatic rings. The molecule has 0 radical (unpaired) electrons. The van der Waals surface area contributed by atoms with Crippen LogP contribution in [0.1, 0.15) is 16.7 Å². The van der Waals surface area contributed by atoms with Crippen LogP contribution in [0.2, 0.25) is 10.0 Å². The second-order valence-corrected chi connectivity index (χ2v) is 8.20. The molecule has 0 spiro atoms. The fraction of sp³-hybridized carbons (Fsp3) is 0.0870. The van der Waals surface area contributed by atoms with Gasteiger partial charge in [0.1, 0.15) is 12.4 Å². The third-order valence-electron chi connectivity index (χ3n) is 4.21. The van der Waals surface area contributed by atoms with Crippen molar-refractivity contribution >= 4 is 57.4 Å². The molecule has 152 valence electrons. The monoisotopic (exact) mass is 553 g/mol. The minimum Gasteiger partial charge on any atom is -0.493 e. The molecule has 0 amide bonds. The van der Waals surface area contributed by atoms with Gasteiger partial charge in [0.25, 0.3) is 0 Å². The Labute approximate surface area is 197 Å². The summed E-state index contributed by atoms with van der Waals surface area (Å²) < 4.78 is 26.3. The molecule has 0 atom stereocenters. The highest BCUT2D eigenvalue weighted by molar-refractivity contribution is 14.1. The van der Waals surface area contributed by atoms with Crippen LogP contribution in [0.4, 0.5) is 4.39 Å². The minimum atomic E-state index is -0.450. The summed E-state index contributed by atoms with van der Waals surface area (Å²) in [5.74, 6) is 0.610. The molecule has 0 aliphatic carbocycles. The Balaban J connectivity index is 1.91. The van der Waals surface area contributed by atoms with Crippen molar-refractivity contribution in [2.75, 3.05) is 7.11 Å². The maximum atomic E-state index is 14.1. The van der Waals surface area contributed by atoms with Crippen molar-refractivity contribution in [1.82, 2.24) is 0 Å². The first-order valence-corrected chi connectivity index (χ1v) is 10.6. The van der Waals surface area contributed by atoms with Gasteiger partial charge < -0.3 is 9.47 Å². The molecular formula is C23H15Cl2FINO2. The summed E-state index contributed by atoms with van der Waals surface area (Å²) in [7, 11) is 1.53. The average Bonchev–Trinajstić information content (AvgIpc) is 2.74. The zero-order chi connectivity index (χ0) is 21.7. The number of hydrogen-bond acceptors (Lipinski definition) is 3. The lowest BCUT2D eigenvalue weighted by Gasteiger charge is -2.14. The highest BCUT2D eigenvalue weighted by Gasteiger charge is 2.13. The van der Waals surface area contributed by atoms with Crippen molar-refractivity contribution in [1.29, 1.82) is 5.26 Å². The highest BCUT2D eigenvalue weighted by atomic mass is 127. The van der Waals surface area contributed by atoms with Crippen molar-refractivity contribution in [3.63, 3.8) is 0 Å². The molecule has 3 rings (SSSR count). The van der Waals surface area contributed by atoms with Gasteiger partial charge in [-0.25, -0.2) is 4.39 Å². The van der Waals surface area contributed by atoms with Crippen LogP contribution in [-0.4, -0.2) is 7.11 Å². The van der Waals surface area contributed by atoms with Crippen LogP contribution in [0, 0.1) is 20.7 Å². The van der Waals surface area contributed by atoms with Crippen molar-refractivity contribution in [2.45, 2.75) is 6.61 Å². The summed E-state index contributed by atoms with van der Waals surface area (Å²) in [6.45, 7) is 0.275. The van der Waals surface area contributed by atoms with E-state index in [1.807, 2.05) is 12.1 Å². The molecule has 0 aliphatic heterocycles. The highest BCUT2D eigenvalue weighted by Crippen LogP contribution is 2.36. The van der Waals surface area contributed by atoms with Gasteiger partial charge in [-0.1, -0.05) is 47.5 Å². The molecule has 30 heavy (non-hydrogen) atoms. The summed E-state index contributed by atoms with van der Waals surface area (Å²) >= 11 is 14.1. The van der Waals surface area contributed by atoms with E-state index in [-0.39, 0.29) is 17.7 Å². The molecule has 3 aromatic carbocycles. The Morgan fingerprint density at radius 2 is 1.90 bits per heavy atom. The van der Waals surface area contributed by atoms with E-state index in [2.05, 4.69) is 28.7 Å². The molecule has 0 aromatic heterocycles. The molecule has 0 fully saturated rings. The first-order chi connectivity index (χ1) is 14.4. The van der Waals surface area contributed by atoms with Crippen LogP contribution in [0.3, 0.4) is 0 Å². The zero-order valence-electron chi connectivity index (χ0n) is 15.8.